The third-order valence-electron chi connectivity index (χ3n) is 4.38. The molecule has 162 valence electrons. The van der Waals surface area contributed by atoms with Gasteiger partial charge in [0.15, 0.2) is 0 Å². The molecule has 0 unspecified atom stereocenters. The summed E-state index contributed by atoms with van der Waals surface area (Å²) in [6.45, 7) is 3.06. The van der Waals surface area contributed by atoms with E-state index in [1.165, 1.54) is 56.0 Å². The van der Waals surface area contributed by atoms with Crippen LogP contribution in [0.3, 0.4) is 0 Å². The second kappa shape index (κ2) is 16.8. The first kappa shape index (κ1) is 32.4. The third-order valence-corrected chi connectivity index (χ3v) is 5.08. The van der Waals surface area contributed by atoms with E-state index in [1.54, 1.807) is 0 Å². The van der Waals surface area contributed by atoms with Gasteiger partial charge in [-0.25, -0.2) is 12.2 Å². The minimum absolute atomic E-state index is 0. The Hall–Kier alpha value is -0.830. The van der Waals surface area contributed by atoms with Crippen LogP contribution in [0.25, 0.3) is 32.7 Å². The van der Waals surface area contributed by atoms with Gasteiger partial charge in [0.05, 0.1) is 0 Å². The Labute approximate surface area is 224 Å². The molecule has 2 radical (unpaired) electrons. The van der Waals surface area contributed by atoms with E-state index >= 15 is 0 Å². The molecule has 0 aromatic heterocycles. The second-order valence-electron chi connectivity index (χ2n) is 6.02. The van der Waals surface area contributed by atoms with E-state index in [0.717, 1.165) is 10.9 Å². The molecule has 4 aromatic carbocycles. The summed E-state index contributed by atoms with van der Waals surface area (Å²) in [5.41, 5.74) is 2.58. The maximum atomic E-state index is 3.64. The summed E-state index contributed by atoms with van der Waals surface area (Å²) in [5.74, 6) is 0. The number of halogens is 3. The number of rotatable bonds is 1. The number of allylic oxidation sites excluding steroid dienone is 4. The van der Waals surface area contributed by atoms with Gasteiger partial charge >= 0.3 is 30.2 Å². The summed E-state index contributed by atoms with van der Waals surface area (Å²) in [5, 5.41) is 5.15. The minimum atomic E-state index is 0. The van der Waals surface area contributed by atoms with Crippen LogP contribution in [0, 0.1) is 20.9 Å². The molecule has 1 aliphatic carbocycles. The summed E-state index contributed by atoms with van der Waals surface area (Å²) in [6, 6.07) is 25.9. The molecule has 0 N–H and O–H groups in total. The van der Waals surface area contributed by atoms with Crippen molar-refractivity contribution in [1.29, 1.82) is 0 Å². The average Bonchev–Trinajstić information content (AvgIpc) is 3.42. The van der Waals surface area contributed by atoms with Gasteiger partial charge < -0.3 is 14.9 Å². The normalized spacial score (nSPS) is 10.2. The SMILES string of the molecule is Brc1cccc2c(-c3cc4ccccc4[cH-]3)cccc12.Cl.Cl.[C-]1=CC=CC1.[CH3-].[CH3-].[Si]=[Zr]. The van der Waals surface area contributed by atoms with Crippen molar-refractivity contribution < 1.29 is 23.3 Å². The first-order chi connectivity index (χ1) is 13.3. The third kappa shape index (κ3) is 8.22. The summed E-state index contributed by atoms with van der Waals surface area (Å²) in [4.78, 5) is 0. The molecule has 0 nitrogen and oxygen atoms in total. The second-order valence-corrected chi connectivity index (χ2v) is 6.87. The van der Waals surface area contributed by atoms with Crippen LogP contribution >= 0.6 is 40.7 Å². The molecule has 4 aromatic rings. The van der Waals surface area contributed by atoms with Gasteiger partial charge in [-0.2, -0.15) is 6.08 Å². The molecule has 0 heterocycles. The molecule has 1 aliphatic rings. The Morgan fingerprint density at radius 3 is 2.16 bits per heavy atom. The molecular formula is C26H25BrCl2SiZr-4. The van der Waals surface area contributed by atoms with E-state index in [1.807, 2.05) is 12.2 Å². The van der Waals surface area contributed by atoms with Gasteiger partial charge in [-0.15, -0.1) is 65.8 Å². The first-order valence-electron chi connectivity index (χ1n) is 8.63. The zero-order chi connectivity index (χ0) is 19.1. The number of hydrogen-bond acceptors (Lipinski definition) is 0. The summed E-state index contributed by atoms with van der Waals surface area (Å²) >= 11 is 4.99. The van der Waals surface area contributed by atoms with Crippen LogP contribution in [0.2, 0.25) is 0 Å². The van der Waals surface area contributed by atoms with Crippen LogP contribution in [0.4, 0.5) is 0 Å². The predicted octanol–water partition coefficient (Wildman–Crippen LogP) is 8.81. The first-order valence-corrected chi connectivity index (χ1v) is 13.6. The van der Waals surface area contributed by atoms with Crippen LogP contribution in [0.5, 0.6) is 0 Å². The van der Waals surface area contributed by atoms with Crippen molar-refractivity contribution in [3.05, 3.63) is 116 Å². The molecule has 0 fully saturated rings. The Morgan fingerprint density at radius 1 is 0.871 bits per heavy atom. The molecule has 0 spiro atoms. The summed E-state index contributed by atoms with van der Waals surface area (Å²) in [6.07, 6.45) is 10.0. The fraction of sp³-hybridized carbons (Fsp3) is 0.0385. The molecule has 0 atom stereocenters. The van der Waals surface area contributed by atoms with Gasteiger partial charge in [0.2, 0.25) is 0 Å². The van der Waals surface area contributed by atoms with E-state index in [-0.39, 0.29) is 39.7 Å². The number of hydrogen-bond donors (Lipinski definition) is 0. The van der Waals surface area contributed by atoms with E-state index in [0.29, 0.717) is 0 Å². The zero-order valence-electron chi connectivity index (χ0n) is 17.6. The van der Waals surface area contributed by atoms with Gasteiger partial charge in [0.1, 0.15) is 0 Å². The molecule has 0 saturated carbocycles. The molecular weight excluding hydrogens is 582 g/mol. The monoisotopic (exact) mass is 604 g/mol. The number of benzene rings is 3. The summed E-state index contributed by atoms with van der Waals surface area (Å²) in [7, 11) is 0. The molecule has 0 bridgehead atoms. The van der Waals surface area contributed by atoms with Crippen molar-refractivity contribution in [2.45, 2.75) is 6.42 Å². The molecule has 0 saturated heterocycles. The van der Waals surface area contributed by atoms with Gasteiger partial charge in [-0.3, -0.25) is 6.08 Å². The van der Waals surface area contributed by atoms with Crippen molar-refractivity contribution in [3.8, 4) is 11.1 Å². The van der Waals surface area contributed by atoms with E-state index in [9.17, 15) is 0 Å². The van der Waals surface area contributed by atoms with Crippen LogP contribution in [-0.4, -0.2) is 6.88 Å². The van der Waals surface area contributed by atoms with Crippen LogP contribution in [0.15, 0.2) is 95.5 Å². The van der Waals surface area contributed by atoms with Gasteiger partial charge in [0.25, 0.3) is 0 Å². The zero-order valence-corrected chi connectivity index (χ0v) is 24.2. The quantitative estimate of drug-likeness (QED) is 0.150. The standard InChI is InChI=1S/C19H12Br.C5H5.2CH3.2ClH.Si.Zr/c20-19-10-4-8-17-16(7-3-9-18(17)19)15-11-13-5-1-2-6-14(13)12-15;1-2-4-5-3-1;;;;;;/h1-12H;1-3H,4H2;2*1H3;2*1H;;/q4*-1;;;;. The Kier molecular flexibility index (Phi) is 17.5. The Morgan fingerprint density at radius 2 is 1.55 bits per heavy atom. The van der Waals surface area contributed by atoms with Crippen molar-refractivity contribution in [2.24, 2.45) is 0 Å². The molecule has 5 heteroatoms. The Bertz CT molecular complexity index is 1080. The molecule has 5 rings (SSSR count). The van der Waals surface area contributed by atoms with Crippen LogP contribution in [-0.2, 0) is 23.3 Å². The van der Waals surface area contributed by atoms with Crippen molar-refractivity contribution in [2.75, 3.05) is 0 Å². The van der Waals surface area contributed by atoms with Crippen LogP contribution < -0.4 is 0 Å². The van der Waals surface area contributed by atoms with Crippen molar-refractivity contribution in [1.82, 2.24) is 0 Å². The van der Waals surface area contributed by atoms with E-state index in [2.05, 4.69) is 108 Å². The van der Waals surface area contributed by atoms with Crippen LogP contribution in [0.1, 0.15) is 6.42 Å². The van der Waals surface area contributed by atoms with Crippen molar-refractivity contribution in [3.63, 3.8) is 0 Å². The maximum absolute atomic E-state index is 3.64. The van der Waals surface area contributed by atoms with Gasteiger partial charge in [-0.05, 0) is 16.8 Å². The predicted molar refractivity (Wildman–Crippen MR) is 145 cm³/mol. The molecule has 0 amide bonds. The average molecular weight is 608 g/mol. The fourth-order valence-electron chi connectivity index (χ4n) is 3.17. The number of fused-ring (bicyclic) bond motifs is 2. The molecule has 0 aliphatic heterocycles. The van der Waals surface area contributed by atoms with Gasteiger partial charge in [-0.1, -0.05) is 70.0 Å². The van der Waals surface area contributed by atoms with Gasteiger partial charge in [0, 0.05) is 4.47 Å². The molecule has 31 heavy (non-hydrogen) atoms. The fourth-order valence-corrected chi connectivity index (χ4v) is 3.67. The van der Waals surface area contributed by atoms with E-state index < -0.39 is 0 Å². The summed E-state index contributed by atoms with van der Waals surface area (Å²) < 4.78 is 1.15. The topological polar surface area (TPSA) is 0 Å². The Balaban J connectivity index is 0. The van der Waals surface area contributed by atoms with Crippen molar-refractivity contribution >= 4 is 69.2 Å². The van der Waals surface area contributed by atoms with E-state index in [4.69, 9.17) is 0 Å².